The Balaban J connectivity index is 0. The number of unbranched alkanes of at least 4 members (excludes halogenated alkanes) is 1. The highest BCUT2D eigenvalue weighted by atomic mass is 35.5. The van der Waals surface area contributed by atoms with Crippen molar-refractivity contribution in [3.05, 3.63) is 0 Å². The number of likely N-dealkylation sites (N-methyl/N-ethyl adjacent to an activating group) is 1. The Labute approximate surface area is 98.6 Å². The van der Waals surface area contributed by atoms with Crippen molar-refractivity contribution in [1.82, 2.24) is 10.6 Å². The molecule has 0 aliphatic carbocycles. The summed E-state index contributed by atoms with van der Waals surface area (Å²) in [5, 5.41) is 6.00. The number of rotatable bonds is 9. The van der Waals surface area contributed by atoms with Gasteiger partial charge in [-0.25, -0.2) is 0 Å². The maximum Gasteiger partial charge on any atom is 0.220 e. The van der Waals surface area contributed by atoms with Crippen molar-refractivity contribution in [2.45, 2.75) is 26.2 Å². The van der Waals surface area contributed by atoms with Gasteiger partial charge >= 0.3 is 0 Å². The molecule has 0 aromatic rings. The quantitative estimate of drug-likeness (QED) is 0.588. The molecular formula is C10H23ClN2O2. The van der Waals surface area contributed by atoms with Crippen molar-refractivity contribution in [2.75, 3.05) is 33.4 Å². The molecule has 0 saturated carbocycles. The molecule has 0 fully saturated rings. The SMILES string of the molecule is CCNCCNC(=O)CCCCOC.Cl. The lowest BCUT2D eigenvalue weighted by Crippen LogP contribution is -2.31. The van der Waals surface area contributed by atoms with Gasteiger partial charge in [0.1, 0.15) is 0 Å². The topological polar surface area (TPSA) is 50.4 Å². The first-order valence-electron chi connectivity index (χ1n) is 5.27. The smallest absolute Gasteiger partial charge is 0.220 e. The number of hydrogen-bond acceptors (Lipinski definition) is 3. The van der Waals surface area contributed by atoms with Gasteiger partial charge in [0.25, 0.3) is 0 Å². The summed E-state index contributed by atoms with van der Waals surface area (Å²) < 4.78 is 4.90. The molecule has 0 rings (SSSR count). The van der Waals surface area contributed by atoms with Crippen LogP contribution in [0.5, 0.6) is 0 Å². The van der Waals surface area contributed by atoms with Crippen LogP contribution in [0.2, 0.25) is 0 Å². The Kier molecular flexibility index (Phi) is 15.6. The molecule has 15 heavy (non-hydrogen) atoms. The number of methoxy groups -OCH3 is 1. The standard InChI is InChI=1S/C10H22N2O2.ClH/c1-3-11-7-8-12-10(13)6-4-5-9-14-2;/h11H,3-9H2,1-2H3,(H,12,13);1H. The monoisotopic (exact) mass is 238 g/mol. The fourth-order valence-electron chi connectivity index (χ4n) is 1.09. The second-order valence-electron chi connectivity index (χ2n) is 3.15. The summed E-state index contributed by atoms with van der Waals surface area (Å²) in [6.07, 6.45) is 2.47. The molecule has 0 spiro atoms. The van der Waals surface area contributed by atoms with E-state index in [1.165, 1.54) is 0 Å². The Morgan fingerprint density at radius 2 is 2.00 bits per heavy atom. The highest BCUT2D eigenvalue weighted by Gasteiger charge is 1.99. The van der Waals surface area contributed by atoms with E-state index in [1.54, 1.807) is 7.11 Å². The van der Waals surface area contributed by atoms with Gasteiger partial charge in [0.05, 0.1) is 0 Å². The molecule has 2 N–H and O–H groups in total. The van der Waals surface area contributed by atoms with Gasteiger partial charge in [-0.05, 0) is 19.4 Å². The Bertz CT molecular complexity index is 131. The van der Waals surface area contributed by atoms with Gasteiger partial charge in [0, 0.05) is 33.2 Å². The van der Waals surface area contributed by atoms with Crippen molar-refractivity contribution in [2.24, 2.45) is 0 Å². The molecule has 0 aliphatic rings. The highest BCUT2D eigenvalue weighted by Crippen LogP contribution is 1.94. The number of carbonyl (C=O) groups excluding carboxylic acids is 1. The Morgan fingerprint density at radius 1 is 1.27 bits per heavy atom. The third-order valence-electron chi connectivity index (χ3n) is 1.88. The summed E-state index contributed by atoms with van der Waals surface area (Å²) in [6, 6.07) is 0. The number of hydrogen-bond donors (Lipinski definition) is 2. The van der Waals surface area contributed by atoms with Gasteiger partial charge in [-0.1, -0.05) is 6.92 Å². The fraction of sp³-hybridized carbons (Fsp3) is 0.900. The van der Waals surface area contributed by atoms with Crippen LogP contribution in [0.25, 0.3) is 0 Å². The minimum atomic E-state index is 0. The molecule has 0 saturated heterocycles. The van der Waals surface area contributed by atoms with E-state index in [0.29, 0.717) is 6.42 Å². The van der Waals surface area contributed by atoms with Crippen molar-refractivity contribution in [3.63, 3.8) is 0 Å². The summed E-state index contributed by atoms with van der Waals surface area (Å²) in [7, 11) is 1.68. The van der Waals surface area contributed by atoms with Crippen LogP contribution in [0.15, 0.2) is 0 Å². The molecule has 5 heteroatoms. The van der Waals surface area contributed by atoms with Gasteiger partial charge in [0.15, 0.2) is 0 Å². The van der Waals surface area contributed by atoms with Crippen molar-refractivity contribution in [3.8, 4) is 0 Å². The summed E-state index contributed by atoms with van der Waals surface area (Å²) in [5.74, 6) is 0.138. The Hall–Kier alpha value is -0.320. The highest BCUT2D eigenvalue weighted by molar-refractivity contribution is 5.85. The second kappa shape index (κ2) is 13.7. The molecule has 4 nitrogen and oxygen atoms in total. The minimum absolute atomic E-state index is 0. The lowest BCUT2D eigenvalue weighted by molar-refractivity contribution is -0.121. The van der Waals surface area contributed by atoms with Crippen molar-refractivity contribution >= 4 is 18.3 Å². The third-order valence-corrected chi connectivity index (χ3v) is 1.88. The number of ether oxygens (including phenoxy) is 1. The minimum Gasteiger partial charge on any atom is -0.385 e. The molecule has 0 aliphatic heterocycles. The van der Waals surface area contributed by atoms with Gasteiger partial charge in [-0.3, -0.25) is 4.79 Å². The van der Waals surface area contributed by atoms with Crippen LogP contribution in [0.4, 0.5) is 0 Å². The van der Waals surface area contributed by atoms with Gasteiger partial charge in [-0.15, -0.1) is 12.4 Å². The number of halogens is 1. The van der Waals surface area contributed by atoms with Crippen LogP contribution >= 0.6 is 12.4 Å². The molecule has 0 atom stereocenters. The van der Waals surface area contributed by atoms with Crippen molar-refractivity contribution in [1.29, 1.82) is 0 Å². The first kappa shape index (κ1) is 17.1. The fourth-order valence-corrected chi connectivity index (χ4v) is 1.09. The van der Waals surface area contributed by atoms with Crippen LogP contribution in [0.1, 0.15) is 26.2 Å². The number of nitrogens with one attached hydrogen (secondary N) is 2. The molecule has 0 bridgehead atoms. The van der Waals surface area contributed by atoms with Crippen LogP contribution in [-0.4, -0.2) is 39.3 Å². The lowest BCUT2D eigenvalue weighted by atomic mass is 10.2. The molecule has 0 heterocycles. The van der Waals surface area contributed by atoms with E-state index in [-0.39, 0.29) is 18.3 Å². The van der Waals surface area contributed by atoms with E-state index >= 15 is 0 Å². The molecular weight excluding hydrogens is 216 g/mol. The van der Waals surface area contributed by atoms with E-state index in [1.807, 2.05) is 6.92 Å². The molecule has 0 unspecified atom stereocenters. The maximum absolute atomic E-state index is 11.2. The van der Waals surface area contributed by atoms with E-state index < -0.39 is 0 Å². The summed E-state index contributed by atoms with van der Waals surface area (Å²) in [5.41, 5.74) is 0. The zero-order valence-corrected chi connectivity index (χ0v) is 10.5. The molecule has 0 aromatic carbocycles. The summed E-state index contributed by atoms with van der Waals surface area (Å²) in [6.45, 7) is 5.30. The Morgan fingerprint density at radius 3 is 2.60 bits per heavy atom. The summed E-state index contributed by atoms with van der Waals surface area (Å²) >= 11 is 0. The van der Waals surface area contributed by atoms with E-state index in [4.69, 9.17) is 4.74 Å². The number of carbonyl (C=O) groups is 1. The molecule has 0 aromatic heterocycles. The average Bonchev–Trinajstić information content (AvgIpc) is 2.19. The first-order valence-corrected chi connectivity index (χ1v) is 5.27. The zero-order chi connectivity index (χ0) is 10.6. The molecule has 92 valence electrons. The normalized spacial score (nSPS) is 9.47. The van der Waals surface area contributed by atoms with Gasteiger partial charge in [0.2, 0.25) is 5.91 Å². The number of amides is 1. The zero-order valence-electron chi connectivity index (χ0n) is 9.67. The molecule has 1 amide bonds. The largest absolute Gasteiger partial charge is 0.385 e. The predicted octanol–water partition coefficient (Wildman–Crippen LogP) is 0.951. The van der Waals surface area contributed by atoms with E-state index in [2.05, 4.69) is 10.6 Å². The van der Waals surface area contributed by atoms with E-state index in [9.17, 15) is 4.79 Å². The second-order valence-corrected chi connectivity index (χ2v) is 3.15. The predicted molar refractivity (Wildman–Crippen MR) is 64.5 cm³/mol. The molecule has 0 radical (unpaired) electrons. The lowest BCUT2D eigenvalue weighted by Gasteiger charge is -2.05. The van der Waals surface area contributed by atoms with Gasteiger partial charge < -0.3 is 15.4 Å². The maximum atomic E-state index is 11.2. The van der Waals surface area contributed by atoms with Crippen LogP contribution in [0, 0.1) is 0 Å². The van der Waals surface area contributed by atoms with E-state index in [0.717, 1.165) is 39.1 Å². The van der Waals surface area contributed by atoms with Crippen LogP contribution in [-0.2, 0) is 9.53 Å². The van der Waals surface area contributed by atoms with Gasteiger partial charge in [-0.2, -0.15) is 0 Å². The van der Waals surface area contributed by atoms with Crippen LogP contribution < -0.4 is 10.6 Å². The first-order chi connectivity index (χ1) is 6.81. The third kappa shape index (κ3) is 13.7. The average molecular weight is 239 g/mol. The summed E-state index contributed by atoms with van der Waals surface area (Å²) in [4.78, 5) is 11.2. The van der Waals surface area contributed by atoms with Crippen molar-refractivity contribution < 1.29 is 9.53 Å². The van der Waals surface area contributed by atoms with Crippen LogP contribution in [0.3, 0.4) is 0 Å².